The van der Waals surface area contributed by atoms with Crippen molar-refractivity contribution in [1.29, 1.82) is 0 Å². The highest BCUT2D eigenvalue weighted by Gasteiger charge is 2.36. The summed E-state index contributed by atoms with van der Waals surface area (Å²) >= 11 is 6.10. The molecule has 27 heavy (non-hydrogen) atoms. The van der Waals surface area contributed by atoms with Gasteiger partial charge in [-0.25, -0.2) is 0 Å². The normalized spacial score (nSPS) is 22.2. The Kier molecular flexibility index (Phi) is 10.4. The highest BCUT2D eigenvalue weighted by molar-refractivity contribution is 6.30. The molecule has 2 saturated heterocycles. The van der Waals surface area contributed by atoms with E-state index in [1.807, 2.05) is 18.2 Å². The Morgan fingerprint density at radius 1 is 1.30 bits per heavy atom. The van der Waals surface area contributed by atoms with Gasteiger partial charge in [-0.15, -0.1) is 24.8 Å². The first-order valence-corrected chi connectivity index (χ1v) is 9.58. The van der Waals surface area contributed by atoms with Crippen molar-refractivity contribution in [3.05, 3.63) is 34.9 Å². The first-order valence-electron chi connectivity index (χ1n) is 9.20. The van der Waals surface area contributed by atoms with Crippen molar-refractivity contribution < 1.29 is 9.53 Å². The molecule has 1 aromatic rings. The van der Waals surface area contributed by atoms with Crippen molar-refractivity contribution in [3.8, 4) is 0 Å². The lowest BCUT2D eigenvalue weighted by Gasteiger charge is -2.37. The fourth-order valence-corrected chi connectivity index (χ4v) is 3.93. The van der Waals surface area contributed by atoms with Crippen molar-refractivity contribution in [2.24, 2.45) is 5.73 Å². The number of nitrogens with two attached hydrogens (primary N) is 1. The molecule has 1 aromatic carbocycles. The number of halogens is 3. The Morgan fingerprint density at radius 3 is 2.74 bits per heavy atom. The maximum Gasteiger partial charge on any atom is 0.240 e. The first kappa shape index (κ1) is 24.5. The molecule has 0 radical (unpaired) electrons. The summed E-state index contributed by atoms with van der Waals surface area (Å²) in [5, 5.41) is 3.87. The largest absolute Gasteiger partial charge is 0.381 e. The van der Waals surface area contributed by atoms with Crippen molar-refractivity contribution in [3.63, 3.8) is 0 Å². The van der Waals surface area contributed by atoms with Crippen molar-refractivity contribution in [2.45, 2.75) is 50.2 Å². The second kappa shape index (κ2) is 11.4. The summed E-state index contributed by atoms with van der Waals surface area (Å²) in [6.45, 7) is 3.69. The standard InChI is InChI=1S/C19H28ClN3O2.2ClH/c20-16-5-3-4-15(12-16)14-23-9-2-1-6-17(23)13-22-18(24)19(21)7-10-25-11-8-19;;/h3-5,12,17H,1-2,6-11,13-14,21H2,(H,22,24);2*1H. The zero-order chi connectivity index (χ0) is 17.7. The van der Waals surface area contributed by atoms with Gasteiger partial charge in [-0.3, -0.25) is 9.69 Å². The molecule has 1 atom stereocenters. The molecule has 0 saturated carbocycles. The number of hydrogen-bond acceptors (Lipinski definition) is 4. The van der Waals surface area contributed by atoms with E-state index in [9.17, 15) is 4.79 Å². The molecule has 2 aliphatic heterocycles. The highest BCUT2D eigenvalue weighted by atomic mass is 35.5. The van der Waals surface area contributed by atoms with Gasteiger partial charge in [-0.2, -0.15) is 0 Å². The van der Waals surface area contributed by atoms with E-state index < -0.39 is 5.54 Å². The molecule has 3 rings (SSSR count). The number of nitrogens with one attached hydrogen (secondary N) is 1. The fourth-order valence-electron chi connectivity index (χ4n) is 3.72. The Labute approximate surface area is 179 Å². The molecule has 1 amide bonds. The number of carbonyl (C=O) groups is 1. The van der Waals surface area contributed by atoms with Crippen molar-refractivity contribution >= 4 is 42.3 Å². The van der Waals surface area contributed by atoms with Gasteiger partial charge in [0.25, 0.3) is 0 Å². The Bertz CT molecular complexity index is 597. The van der Waals surface area contributed by atoms with Crippen LogP contribution in [0, 0.1) is 0 Å². The molecule has 2 fully saturated rings. The van der Waals surface area contributed by atoms with Crippen LogP contribution in [0.15, 0.2) is 24.3 Å². The predicted molar refractivity (Wildman–Crippen MR) is 114 cm³/mol. The second-order valence-corrected chi connectivity index (χ2v) is 7.66. The molecule has 1 unspecified atom stereocenters. The monoisotopic (exact) mass is 437 g/mol. The molecule has 8 heteroatoms. The molecule has 0 spiro atoms. The van der Waals surface area contributed by atoms with Gasteiger partial charge >= 0.3 is 0 Å². The van der Waals surface area contributed by atoms with Crippen molar-refractivity contribution in [1.82, 2.24) is 10.2 Å². The van der Waals surface area contributed by atoms with Gasteiger partial charge in [0, 0.05) is 37.4 Å². The number of rotatable bonds is 5. The quantitative estimate of drug-likeness (QED) is 0.741. The van der Waals surface area contributed by atoms with Crippen LogP contribution in [0.1, 0.15) is 37.7 Å². The average molecular weight is 439 g/mol. The zero-order valence-corrected chi connectivity index (χ0v) is 17.9. The molecule has 0 bridgehead atoms. The van der Waals surface area contributed by atoms with E-state index in [1.165, 1.54) is 18.4 Å². The van der Waals surface area contributed by atoms with Gasteiger partial charge in [0.15, 0.2) is 0 Å². The third-order valence-corrected chi connectivity index (χ3v) is 5.59. The summed E-state index contributed by atoms with van der Waals surface area (Å²) in [7, 11) is 0. The topological polar surface area (TPSA) is 67.6 Å². The summed E-state index contributed by atoms with van der Waals surface area (Å²) in [6.07, 6.45) is 4.68. The lowest BCUT2D eigenvalue weighted by molar-refractivity contribution is -0.130. The first-order chi connectivity index (χ1) is 12.1. The van der Waals surface area contributed by atoms with Crippen LogP contribution in [0.4, 0.5) is 0 Å². The van der Waals surface area contributed by atoms with Crippen LogP contribution in [-0.4, -0.2) is 48.7 Å². The minimum atomic E-state index is -0.773. The lowest BCUT2D eigenvalue weighted by atomic mass is 9.90. The van der Waals surface area contributed by atoms with Gasteiger partial charge in [0.1, 0.15) is 0 Å². The lowest BCUT2D eigenvalue weighted by Crippen LogP contribution is -2.58. The van der Waals surface area contributed by atoms with Crippen LogP contribution in [0.5, 0.6) is 0 Å². The molecule has 3 N–H and O–H groups in total. The van der Waals surface area contributed by atoms with E-state index in [2.05, 4.69) is 16.3 Å². The van der Waals surface area contributed by atoms with Gasteiger partial charge in [-0.1, -0.05) is 30.2 Å². The molecular weight excluding hydrogens is 409 g/mol. The van der Waals surface area contributed by atoms with Gasteiger partial charge < -0.3 is 15.8 Å². The van der Waals surface area contributed by atoms with E-state index in [-0.39, 0.29) is 30.7 Å². The number of amides is 1. The fraction of sp³-hybridized carbons (Fsp3) is 0.632. The van der Waals surface area contributed by atoms with E-state index in [0.717, 1.165) is 24.5 Å². The van der Waals surface area contributed by atoms with Gasteiger partial charge in [0.2, 0.25) is 5.91 Å². The third kappa shape index (κ3) is 6.77. The van der Waals surface area contributed by atoms with E-state index in [1.54, 1.807) is 0 Å². The molecule has 0 aliphatic carbocycles. The minimum absolute atomic E-state index is 0. The molecule has 5 nitrogen and oxygen atoms in total. The van der Waals surface area contributed by atoms with Crippen LogP contribution in [-0.2, 0) is 16.1 Å². The molecule has 2 heterocycles. The smallest absolute Gasteiger partial charge is 0.240 e. The number of nitrogens with zero attached hydrogens (tertiary/aromatic N) is 1. The van der Waals surface area contributed by atoms with Crippen LogP contribution in [0.25, 0.3) is 0 Å². The van der Waals surface area contributed by atoms with Crippen molar-refractivity contribution in [2.75, 3.05) is 26.3 Å². The second-order valence-electron chi connectivity index (χ2n) is 7.23. The Balaban J connectivity index is 0.00000182. The van der Waals surface area contributed by atoms with Crippen LogP contribution >= 0.6 is 36.4 Å². The van der Waals surface area contributed by atoms with Crippen LogP contribution in [0.3, 0.4) is 0 Å². The maximum atomic E-state index is 12.5. The van der Waals surface area contributed by atoms with E-state index in [4.69, 9.17) is 22.1 Å². The summed E-state index contributed by atoms with van der Waals surface area (Å²) in [5.74, 6) is -0.0379. The summed E-state index contributed by atoms with van der Waals surface area (Å²) in [6, 6.07) is 8.35. The number of hydrogen-bond donors (Lipinski definition) is 2. The SMILES string of the molecule is Cl.Cl.NC1(C(=O)NCC2CCCCN2Cc2cccc(Cl)c2)CCOCC1. The minimum Gasteiger partial charge on any atom is -0.381 e. The third-order valence-electron chi connectivity index (χ3n) is 5.36. The molecule has 2 aliphatic rings. The van der Waals surface area contributed by atoms with Crippen LogP contribution < -0.4 is 11.1 Å². The highest BCUT2D eigenvalue weighted by Crippen LogP contribution is 2.22. The summed E-state index contributed by atoms with van der Waals surface area (Å²) < 4.78 is 5.32. The number of carbonyl (C=O) groups excluding carboxylic acids is 1. The van der Waals surface area contributed by atoms with Gasteiger partial charge in [0.05, 0.1) is 5.54 Å². The number of ether oxygens (including phenoxy) is 1. The number of likely N-dealkylation sites (tertiary alicyclic amines) is 1. The number of benzene rings is 1. The summed E-state index contributed by atoms with van der Waals surface area (Å²) in [4.78, 5) is 15.0. The number of piperidine rings is 1. The maximum absolute atomic E-state index is 12.5. The van der Waals surface area contributed by atoms with Gasteiger partial charge in [-0.05, 0) is 49.9 Å². The molecule has 0 aromatic heterocycles. The van der Waals surface area contributed by atoms with Crippen LogP contribution in [0.2, 0.25) is 5.02 Å². The predicted octanol–water partition coefficient (Wildman–Crippen LogP) is 3.16. The Morgan fingerprint density at radius 2 is 2.04 bits per heavy atom. The summed E-state index contributed by atoms with van der Waals surface area (Å²) in [5.41, 5.74) is 6.71. The molecule has 154 valence electrons. The van der Waals surface area contributed by atoms with E-state index >= 15 is 0 Å². The zero-order valence-electron chi connectivity index (χ0n) is 15.5. The Hall–Kier alpha value is -0.560. The average Bonchev–Trinajstić information content (AvgIpc) is 2.61. The van der Waals surface area contributed by atoms with E-state index in [0.29, 0.717) is 38.6 Å². The molecular formula is C19H30Cl3N3O2.